The maximum atomic E-state index is 12.4. The number of aromatic nitrogens is 5. The smallest absolute Gasteiger partial charge is 0.276 e. The van der Waals surface area contributed by atoms with E-state index in [2.05, 4.69) is 25.6 Å². The number of H-pyrrole nitrogens is 1. The number of amides is 1. The Hall–Kier alpha value is -3.00. The van der Waals surface area contributed by atoms with Crippen LogP contribution in [0.5, 0.6) is 0 Å². The average molecular weight is 324 g/mol. The van der Waals surface area contributed by atoms with E-state index in [1.54, 1.807) is 33.9 Å². The molecule has 1 aromatic carbocycles. The van der Waals surface area contributed by atoms with E-state index in [1.807, 2.05) is 29.6 Å². The molecule has 3 heterocycles. The number of carbonyl (C=O) groups excluding carboxylic acids is 1. The number of fused-ring (bicyclic) bond motifs is 1. The maximum absolute atomic E-state index is 12.4. The first-order valence-electron chi connectivity index (χ1n) is 6.93. The number of anilines is 1. The van der Waals surface area contributed by atoms with Crippen molar-refractivity contribution >= 4 is 33.8 Å². The Balaban J connectivity index is 1.51. The number of carbonyl (C=O) groups is 1. The number of hydrogen-bond acceptors (Lipinski definition) is 5. The van der Waals surface area contributed by atoms with Crippen LogP contribution in [0.4, 0.5) is 5.69 Å². The minimum atomic E-state index is -0.268. The number of thiazole rings is 1. The van der Waals surface area contributed by atoms with Gasteiger partial charge >= 0.3 is 0 Å². The van der Waals surface area contributed by atoms with E-state index in [1.165, 1.54) is 0 Å². The summed E-state index contributed by atoms with van der Waals surface area (Å²) in [6, 6.07) is 7.51. The van der Waals surface area contributed by atoms with Crippen LogP contribution in [0, 0.1) is 0 Å². The summed E-state index contributed by atoms with van der Waals surface area (Å²) in [6.45, 7) is 0.574. The van der Waals surface area contributed by atoms with Crippen molar-refractivity contribution in [1.82, 2.24) is 25.0 Å². The molecule has 4 rings (SSSR count). The topological polar surface area (TPSA) is 88.5 Å². The van der Waals surface area contributed by atoms with Gasteiger partial charge in [-0.25, -0.2) is 4.98 Å². The van der Waals surface area contributed by atoms with Crippen LogP contribution in [0.15, 0.2) is 47.5 Å². The highest BCUT2D eigenvalue weighted by Crippen LogP contribution is 2.17. The standard InChI is InChI=1S/C15H12N6OS/c22-15(14-12-3-1-2-4-13(12)19-20-14)18-10-5-17-21(6-10)7-11-8-23-9-16-11/h1-6,8-9H,7H2,(H,18,22)(H,19,20). The molecule has 0 saturated carbocycles. The zero-order valence-electron chi connectivity index (χ0n) is 11.9. The monoisotopic (exact) mass is 324 g/mol. The van der Waals surface area contributed by atoms with Crippen molar-refractivity contribution in [2.75, 3.05) is 5.32 Å². The summed E-state index contributed by atoms with van der Waals surface area (Å²) in [5, 5.41) is 16.7. The summed E-state index contributed by atoms with van der Waals surface area (Å²) in [4.78, 5) is 16.6. The molecule has 114 valence electrons. The zero-order valence-corrected chi connectivity index (χ0v) is 12.7. The molecule has 8 heteroatoms. The van der Waals surface area contributed by atoms with Crippen molar-refractivity contribution < 1.29 is 4.79 Å². The van der Waals surface area contributed by atoms with Crippen molar-refractivity contribution in [2.45, 2.75) is 6.54 Å². The predicted molar refractivity (Wildman–Crippen MR) is 87.5 cm³/mol. The Bertz CT molecular complexity index is 955. The van der Waals surface area contributed by atoms with Crippen molar-refractivity contribution in [1.29, 1.82) is 0 Å². The van der Waals surface area contributed by atoms with Crippen molar-refractivity contribution in [3.63, 3.8) is 0 Å². The summed E-state index contributed by atoms with van der Waals surface area (Å²) in [7, 11) is 0. The third-order valence-electron chi connectivity index (χ3n) is 3.38. The molecule has 1 amide bonds. The highest BCUT2D eigenvalue weighted by molar-refractivity contribution is 7.07. The number of nitrogens with one attached hydrogen (secondary N) is 2. The summed E-state index contributed by atoms with van der Waals surface area (Å²) in [5.74, 6) is -0.268. The normalized spacial score (nSPS) is 11.0. The summed E-state index contributed by atoms with van der Waals surface area (Å²) < 4.78 is 1.73. The number of aromatic amines is 1. The molecule has 0 aliphatic carbocycles. The van der Waals surface area contributed by atoms with Gasteiger partial charge in [-0.3, -0.25) is 14.6 Å². The number of nitrogens with zero attached hydrogens (tertiary/aromatic N) is 4. The van der Waals surface area contributed by atoms with E-state index in [0.717, 1.165) is 16.6 Å². The lowest BCUT2D eigenvalue weighted by atomic mass is 10.2. The minimum absolute atomic E-state index is 0.268. The van der Waals surface area contributed by atoms with Gasteiger partial charge in [-0.05, 0) is 6.07 Å². The second kappa shape index (κ2) is 5.65. The van der Waals surface area contributed by atoms with Gasteiger partial charge < -0.3 is 5.32 Å². The van der Waals surface area contributed by atoms with Crippen LogP contribution < -0.4 is 5.32 Å². The third kappa shape index (κ3) is 2.71. The SMILES string of the molecule is O=C(Nc1cnn(Cc2cscn2)c1)c1n[nH]c2ccccc12. The molecular weight excluding hydrogens is 312 g/mol. The highest BCUT2D eigenvalue weighted by Gasteiger charge is 2.14. The molecular formula is C15H12N6OS. The van der Waals surface area contributed by atoms with E-state index in [4.69, 9.17) is 0 Å². The molecule has 0 unspecified atom stereocenters. The van der Waals surface area contributed by atoms with Crippen LogP contribution in [0.2, 0.25) is 0 Å². The Kier molecular flexibility index (Phi) is 3.35. The van der Waals surface area contributed by atoms with Gasteiger partial charge in [-0.15, -0.1) is 11.3 Å². The van der Waals surface area contributed by atoms with Gasteiger partial charge in [-0.1, -0.05) is 18.2 Å². The lowest BCUT2D eigenvalue weighted by Gasteiger charge is -2.00. The lowest BCUT2D eigenvalue weighted by molar-refractivity contribution is 0.102. The van der Waals surface area contributed by atoms with E-state index < -0.39 is 0 Å². The first kappa shape index (κ1) is 13.6. The average Bonchev–Trinajstić information content (AvgIpc) is 3.28. The van der Waals surface area contributed by atoms with Crippen LogP contribution in [-0.2, 0) is 6.54 Å². The van der Waals surface area contributed by atoms with Gasteiger partial charge in [0.25, 0.3) is 5.91 Å². The fourth-order valence-corrected chi connectivity index (χ4v) is 2.87. The fraction of sp³-hybridized carbons (Fsp3) is 0.0667. The zero-order chi connectivity index (χ0) is 15.6. The van der Waals surface area contributed by atoms with Gasteiger partial charge in [-0.2, -0.15) is 10.2 Å². The van der Waals surface area contributed by atoms with Crippen LogP contribution in [0.25, 0.3) is 10.9 Å². The predicted octanol–water partition coefficient (Wildman–Crippen LogP) is 2.52. The molecule has 0 fully saturated rings. The van der Waals surface area contributed by atoms with Crippen LogP contribution in [0.1, 0.15) is 16.2 Å². The van der Waals surface area contributed by atoms with Crippen LogP contribution in [-0.4, -0.2) is 30.9 Å². The van der Waals surface area contributed by atoms with E-state index in [0.29, 0.717) is 17.9 Å². The Labute approximate surface area is 135 Å². The summed E-state index contributed by atoms with van der Waals surface area (Å²) in [5.41, 5.74) is 4.54. The molecule has 0 atom stereocenters. The highest BCUT2D eigenvalue weighted by atomic mass is 32.1. The van der Waals surface area contributed by atoms with Gasteiger partial charge in [0, 0.05) is 17.0 Å². The third-order valence-corrected chi connectivity index (χ3v) is 4.02. The van der Waals surface area contributed by atoms with Gasteiger partial charge in [0.1, 0.15) is 0 Å². The molecule has 0 spiro atoms. The number of benzene rings is 1. The molecule has 2 N–H and O–H groups in total. The summed E-state index contributed by atoms with van der Waals surface area (Å²) >= 11 is 1.54. The second-order valence-electron chi connectivity index (χ2n) is 4.98. The minimum Gasteiger partial charge on any atom is -0.318 e. The molecule has 7 nitrogen and oxygen atoms in total. The van der Waals surface area contributed by atoms with Gasteiger partial charge in [0.05, 0.1) is 35.2 Å². The van der Waals surface area contributed by atoms with Crippen LogP contribution >= 0.6 is 11.3 Å². The quantitative estimate of drug-likeness (QED) is 0.604. The van der Waals surface area contributed by atoms with Crippen molar-refractivity contribution in [2.24, 2.45) is 0 Å². The molecule has 0 aliphatic heterocycles. The molecule has 0 bridgehead atoms. The van der Waals surface area contributed by atoms with Crippen LogP contribution in [0.3, 0.4) is 0 Å². The molecule has 0 saturated heterocycles. The number of hydrogen-bond donors (Lipinski definition) is 2. The number of para-hydroxylation sites is 1. The summed E-state index contributed by atoms with van der Waals surface area (Å²) in [6.07, 6.45) is 3.38. The Morgan fingerprint density at radius 2 is 2.26 bits per heavy atom. The maximum Gasteiger partial charge on any atom is 0.276 e. The van der Waals surface area contributed by atoms with E-state index >= 15 is 0 Å². The van der Waals surface area contributed by atoms with E-state index in [-0.39, 0.29) is 5.91 Å². The van der Waals surface area contributed by atoms with Gasteiger partial charge in [0.2, 0.25) is 0 Å². The molecule has 4 aromatic rings. The lowest BCUT2D eigenvalue weighted by Crippen LogP contribution is -2.12. The Morgan fingerprint density at radius 1 is 1.35 bits per heavy atom. The first-order chi connectivity index (χ1) is 11.3. The largest absolute Gasteiger partial charge is 0.318 e. The Morgan fingerprint density at radius 3 is 3.13 bits per heavy atom. The fourth-order valence-electron chi connectivity index (χ4n) is 2.32. The second-order valence-corrected chi connectivity index (χ2v) is 5.70. The van der Waals surface area contributed by atoms with Gasteiger partial charge in [0.15, 0.2) is 5.69 Å². The van der Waals surface area contributed by atoms with Crippen molar-refractivity contribution in [3.05, 3.63) is 58.9 Å². The number of rotatable bonds is 4. The van der Waals surface area contributed by atoms with Crippen molar-refractivity contribution in [3.8, 4) is 0 Å². The molecule has 3 aromatic heterocycles. The molecule has 0 aliphatic rings. The van der Waals surface area contributed by atoms with E-state index in [9.17, 15) is 4.79 Å². The first-order valence-corrected chi connectivity index (χ1v) is 7.88. The molecule has 23 heavy (non-hydrogen) atoms. The molecule has 0 radical (unpaired) electrons.